The van der Waals surface area contributed by atoms with Crippen molar-refractivity contribution in [1.29, 1.82) is 0 Å². The molecule has 1 N–H and O–H groups in total. The Morgan fingerprint density at radius 2 is 1.91 bits per heavy atom. The van der Waals surface area contributed by atoms with Crippen LogP contribution in [0.3, 0.4) is 0 Å². The number of aromatic amines is 1. The second-order valence-corrected chi connectivity index (χ2v) is 12.6. The highest BCUT2D eigenvalue weighted by molar-refractivity contribution is 7.12. The van der Waals surface area contributed by atoms with Crippen molar-refractivity contribution in [1.82, 2.24) is 9.88 Å². The SMILES string of the molecule is CC1(C)CCc2sc(CN(CCc3ccc(Cl)c(Cl)c3)C(=O)c3cc(Cl)cc4cc[nH]c34)cc2C1. The Balaban J connectivity index is 1.45. The molecule has 1 aliphatic carbocycles. The lowest BCUT2D eigenvalue weighted by molar-refractivity contribution is 0.0748. The molecule has 0 atom stereocenters. The number of carbonyl (C=O) groups is 1. The lowest BCUT2D eigenvalue weighted by Crippen LogP contribution is -2.32. The predicted octanol–water partition coefficient (Wildman–Crippen LogP) is 8.59. The van der Waals surface area contributed by atoms with Gasteiger partial charge in [-0.2, -0.15) is 0 Å². The van der Waals surface area contributed by atoms with Gasteiger partial charge >= 0.3 is 0 Å². The normalized spacial score (nSPS) is 14.8. The number of rotatable bonds is 6. The monoisotopic (exact) mass is 544 g/mol. The van der Waals surface area contributed by atoms with Crippen LogP contribution in [0.4, 0.5) is 0 Å². The van der Waals surface area contributed by atoms with Gasteiger partial charge in [0.1, 0.15) is 0 Å². The van der Waals surface area contributed by atoms with Crippen molar-refractivity contribution in [2.24, 2.45) is 5.41 Å². The number of carbonyl (C=O) groups excluding carboxylic acids is 1. The van der Waals surface area contributed by atoms with Crippen LogP contribution in [0.15, 0.2) is 48.7 Å². The van der Waals surface area contributed by atoms with Gasteiger partial charge in [0.05, 0.1) is 27.7 Å². The van der Waals surface area contributed by atoms with Gasteiger partial charge in [-0.15, -0.1) is 11.3 Å². The summed E-state index contributed by atoms with van der Waals surface area (Å²) in [6.07, 6.45) is 5.92. The second-order valence-electron chi connectivity index (χ2n) is 10.1. The Morgan fingerprint density at radius 3 is 2.71 bits per heavy atom. The summed E-state index contributed by atoms with van der Waals surface area (Å²) in [5.74, 6) is -0.0355. The van der Waals surface area contributed by atoms with Gasteiger partial charge in [0.25, 0.3) is 5.91 Å². The van der Waals surface area contributed by atoms with E-state index in [0.717, 1.165) is 29.3 Å². The van der Waals surface area contributed by atoms with E-state index in [1.54, 1.807) is 12.1 Å². The Labute approximate surface area is 225 Å². The van der Waals surface area contributed by atoms with E-state index in [1.165, 1.54) is 21.7 Å². The number of thiophene rings is 1. The van der Waals surface area contributed by atoms with Crippen LogP contribution in [0.5, 0.6) is 0 Å². The van der Waals surface area contributed by atoms with Crippen LogP contribution >= 0.6 is 46.1 Å². The summed E-state index contributed by atoms with van der Waals surface area (Å²) >= 11 is 20.6. The molecule has 2 aromatic heterocycles. The van der Waals surface area contributed by atoms with Gasteiger partial charge in [-0.05, 0) is 78.6 Å². The number of aromatic nitrogens is 1. The number of hydrogen-bond donors (Lipinski definition) is 1. The van der Waals surface area contributed by atoms with Crippen LogP contribution in [0.2, 0.25) is 15.1 Å². The summed E-state index contributed by atoms with van der Waals surface area (Å²) in [5.41, 5.74) is 4.21. The van der Waals surface area contributed by atoms with Crippen LogP contribution in [0.25, 0.3) is 10.9 Å². The minimum absolute atomic E-state index is 0.0355. The number of nitrogens with zero attached hydrogens (tertiary/aromatic N) is 1. The standard InChI is InChI=1S/C28H27Cl3N2OS/c1-28(2)8-5-25-19(15-28)13-21(35-25)16-33(10-7-17-3-4-23(30)24(31)11-17)27(34)22-14-20(29)12-18-6-9-32-26(18)22/h3-4,6,9,11-14,32H,5,7-8,10,15-16H2,1-2H3. The van der Waals surface area contributed by atoms with E-state index in [4.69, 9.17) is 34.8 Å². The second kappa shape index (κ2) is 9.82. The van der Waals surface area contributed by atoms with E-state index in [1.807, 2.05) is 46.7 Å². The molecule has 1 aliphatic rings. The number of hydrogen-bond acceptors (Lipinski definition) is 2. The molecule has 0 unspecified atom stereocenters. The minimum atomic E-state index is -0.0355. The van der Waals surface area contributed by atoms with Crippen LogP contribution < -0.4 is 0 Å². The fraction of sp³-hybridized carbons (Fsp3) is 0.321. The first-order valence-electron chi connectivity index (χ1n) is 11.8. The van der Waals surface area contributed by atoms with Crippen LogP contribution in [-0.4, -0.2) is 22.3 Å². The van der Waals surface area contributed by atoms with Crippen LogP contribution in [0.1, 0.15) is 51.5 Å². The maximum Gasteiger partial charge on any atom is 0.256 e. The number of aryl methyl sites for hydroxylation is 1. The summed E-state index contributed by atoms with van der Waals surface area (Å²) in [6, 6.07) is 13.5. The zero-order chi connectivity index (χ0) is 24.7. The molecule has 0 saturated heterocycles. The van der Waals surface area contributed by atoms with Gasteiger partial charge in [-0.3, -0.25) is 4.79 Å². The third-order valence-electron chi connectivity index (χ3n) is 6.79. The van der Waals surface area contributed by atoms with Crippen molar-refractivity contribution in [3.8, 4) is 0 Å². The molecule has 182 valence electrons. The molecule has 7 heteroatoms. The lowest BCUT2D eigenvalue weighted by Gasteiger charge is -2.29. The maximum absolute atomic E-state index is 13.9. The third-order valence-corrected chi connectivity index (χ3v) is 8.97. The number of benzene rings is 2. The number of nitrogens with one attached hydrogen (secondary N) is 1. The molecule has 0 spiro atoms. The molecule has 0 saturated carbocycles. The summed E-state index contributed by atoms with van der Waals surface area (Å²) in [7, 11) is 0. The van der Waals surface area contributed by atoms with Crippen molar-refractivity contribution in [2.45, 2.75) is 46.1 Å². The zero-order valence-electron chi connectivity index (χ0n) is 19.8. The molecule has 2 aromatic carbocycles. The van der Waals surface area contributed by atoms with Crippen molar-refractivity contribution in [3.63, 3.8) is 0 Å². The minimum Gasteiger partial charge on any atom is -0.361 e. The fourth-order valence-electron chi connectivity index (χ4n) is 4.90. The Hall–Kier alpha value is -1.98. The van der Waals surface area contributed by atoms with Crippen molar-refractivity contribution in [2.75, 3.05) is 6.54 Å². The number of amides is 1. The largest absolute Gasteiger partial charge is 0.361 e. The average Bonchev–Trinajstić information content (AvgIpc) is 3.43. The summed E-state index contributed by atoms with van der Waals surface area (Å²) in [4.78, 5) is 21.7. The third kappa shape index (κ3) is 5.41. The van der Waals surface area contributed by atoms with Crippen molar-refractivity contribution >= 4 is 62.9 Å². The Bertz CT molecular complexity index is 1400. The fourth-order valence-corrected chi connectivity index (χ4v) is 6.65. The molecule has 0 bridgehead atoms. The van der Waals surface area contributed by atoms with E-state index in [0.29, 0.717) is 45.6 Å². The summed E-state index contributed by atoms with van der Waals surface area (Å²) < 4.78 is 0. The quantitative estimate of drug-likeness (QED) is 0.259. The number of halogens is 3. The van der Waals surface area contributed by atoms with Gasteiger partial charge in [0.15, 0.2) is 0 Å². The van der Waals surface area contributed by atoms with E-state index in [2.05, 4.69) is 24.9 Å². The molecule has 1 amide bonds. The highest BCUT2D eigenvalue weighted by atomic mass is 35.5. The van der Waals surface area contributed by atoms with Gasteiger partial charge in [-0.1, -0.05) is 54.7 Å². The summed E-state index contributed by atoms with van der Waals surface area (Å²) in [6.45, 7) is 5.79. The van der Waals surface area contributed by atoms with Gasteiger partial charge < -0.3 is 9.88 Å². The van der Waals surface area contributed by atoms with E-state index < -0.39 is 0 Å². The molecular weight excluding hydrogens is 519 g/mol. The Morgan fingerprint density at radius 1 is 1.09 bits per heavy atom. The van der Waals surface area contributed by atoms with E-state index in [9.17, 15) is 4.79 Å². The smallest absolute Gasteiger partial charge is 0.256 e. The maximum atomic E-state index is 13.9. The van der Waals surface area contributed by atoms with Crippen molar-refractivity contribution < 1.29 is 4.79 Å². The first-order valence-corrected chi connectivity index (χ1v) is 13.7. The molecule has 3 nitrogen and oxygen atoms in total. The molecule has 0 radical (unpaired) electrons. The number of fused-ring (bicyclic) bond motifs is 2. The molecule has 35 heavy (non-hydrogen) atoms. The van der Waals surface area contributed by atoms with E-state index in [-0.39, 0.29) is 5.91 Å². The van der Waals surface area contributed by atoms with Gasteiger partial charge in [0.2, 0.25) is 0 Å². The van der Waals surface area contributed by atoms with Crippen molar-refractivity contribution in [3.05, 3.63) is 90.2 Å². The molecule has 5 rings (SSSR count). The highest BCUT2D eigenvalue weighted by Crippen LogP contribution is 2.39. The molecule has 0 fully saturated rings. The zero-order valence-corrected chi connectivity index (χ0v) is 22.8. The summed E-state index contributed by atoms with van der Waals surface area (Å²) in [5, 5.41) is 2.54. The molecule has 4 aromatic rings. The number of H-pyrrole nitrogens is 1. The predicted molar refractivity (Wildman–Crippen MR) is 148 cm³/mol. The highest BCUT2D eigenvalue weighted by Gasteiger charge is 2.28. The topological polar surface area (TPSA) is 36.1 Å². The average molecular weight is 546 g/mol. The Kier molecular flexibility index (Phi) is 6.93. The molecular formula is C28H27Cl3N2OS. The van der Waals surface area contributed by atoms with Crippen LogP contribution in [-0.2, 0) is 25.8 Å². The van der Waals surface area contributed by atoms with Crippen LogP contribution in [0, 0.1) is 5.41 Å². The first kappa shape index (κ1) is 24.7. The van der Waals surface area contributed by atoms with Gasteiger partial charge in [0, 0.05) is 32.9 Å². The first-order chi connectivity index (χ1) is 16.7. The van der Waals surface area contributed by atoms with Gasteiger partial charge in [-0.25, -0.2) is 0 Å². The lowest BCUT2D eigenvalue weighted by atomic mass is 9.77. The molecule has 0 aliphatic heterocycles. The van der Waals surface area contributed by atoms with E-state index >= 15 is 0 Å². The molecule has 2 heterocycles.